The summed E-state index contributed by atoms with van der Waals surface area (Å²) in [6.07, 6.45) is 3.70. The second-order valence-electron chi connectivity index (χ2n) is 7.30. The highest BCUT2D eigenvalue weighted by Crippen LogP contribution is 2.38. The predicted molar refractivity (Wildman–Crippen MR) is 97.6 cm³/mol. The minimum atomic E-state index is -1.72. The van der Waals surface area contributed by atoms with Crippen LogP contribution in [0, 0.1) is 0 Å². The lowest BCUT2D eigenvalue weighted by molar-refractivity contribution is -0.150. The van der Waals surface area contributed by atoms with E-state index in [0.29, 0.717) is 43.9 Å². The van der Waals surface area contributed by atoms with Gasteiger partial charge in [-0.15, -0.1) is 0 Å². The van der Waals surface area contributed by atoms with E-state index in [-0.39, 0.29) is 12.5 Å². The molecule has 0 unspecified atom stereocenters. The van der Waals surface area contributed by atoms with E-state index >= 15 is 0 Å². The standard InChI is InChI=1S/C20H23FN4O2/c21-20(8-4-9-20)19(27)24-10-5-11-25-14-23-17(16(25)13-24)18(26)22-12-15-6-2-1-3-7-15/h1-3,6-7,14H,4-5,8-13H2,(H,22,26). The van der Waals surface area contributed by atoms with Gasteiger partial charge in [-0.05, 0) is 31.2 Å². The lowest BCUT2D eigenvalue weighted by Gasteiger charge is -2.36. The lowest BCUT2D eigenvalue weighted by atomic mass is 9.81. The molecule has 0 saturated heterocycles. The number of halogens is 1. The molecular weight excluding hydrogens is 347 g/mol. The van der Waals surface area contributed by atoms with Crippen LogP contribution in [0.15, 0.2) is 36.7 Å². The zero-order valence-electron chi connectivity index (χ0n) is 15.2. The van der Waals surface area contributed by atoms with E-state index in [0.717, 1.165) is 18.4 Å². The number of carbonyl (C=O) groups is 2. The minimum absolute atomic E-state index is 0.221. The Bertz CT molecular complexity index is 845. The molecule has 0 bridgehead atoms. The molecule has 0 spiro atoms. The number of benzene rings is 1. The van der Waals surface area contributed by atoms with Crippen molar-refractivity contribution >= 4 is 11.8 Å². The fraction of sp³-hybridized carbons (Fsp3) is 0.450. The van der Waals surface area contributed by atoms with Crippen LogP contribution in [0.3, 0.4) is 0 Å². The van der Waals surface area contributed by atoms with Crippen molar-refractivity contribution in [2.45, 2.75) is 51.0 Å². The molecule has 6 nitrogen and oxygen atoms in total. The number of fused-ring (bicyclic) bond motifs is 1. The topological polar surface area (TPSA) is 67.2 Å². The monoisotopic (exact) mass is 370 g/mol. The van der Waals surface area contributed by atoms with Crippen molar-refractivity contribution in [2.75, 3.05) is 6.54 Å². The third-order valence-corrected chi connectivity index (χ3v) is 5.44. The Morgan fingerprint density at radius 3 is 2.63 bits per heavy atom. The molecule has 1 saturated carbocycles. The number of aryl methyl sites for hydroxylation is 1. The van der Waals surface area contributed by atoms with E-state index in [9.17, 15) is 14.0 Å². The summed E-state index contributed by atoms with van der Waals surface area (Å²) >= 11 is 0. The number of alkyl halides is 1. The molecule has 1 aliphatic heterocycles. The maximum atomic E-state index is 14.6. The predicted octanol–water partition coefficient (Wildman–Crippen LogP) is 2.44. The SMILES string of the molecule is O=C(NCc1ccccc1)c1ncn2c1CN(C(=O)C1(F)CCC1)CCC2. The van der Waals surface area contributed by atoms with Crippen molar-refractivity contribution in [2.24, 2.45) is 0 Å². The first-order valence-electron chi connectivity index (χ1n) is 9.41. The third-order valence-electron chi connectivity index (χ3n) is 5.44. The number of imidazole rings is 1. The average molecular weight is 370 g/mol. The molecule has 2 aromatic rings. The minimum Gasteiger partial charge on any atom is -0.347 e. The highest BCUT2D eigenvalue weighted by Gasteiger charge is 2.47. The van der Waals surface area contributed by atoms with E-state index in [1.165, 1.54) is 0 Å². The maximum absolute atomic E-state index is 14.6. The zero-order valence-corrected chi connectivity index (χ0v) is 15.2. The summed E-state index contributed by atoms with van der Waals surface area (Å²) < 4.78 is 16.5. The van der Waals surface area contributed by atoms with Crippen LogP contribution in [0.25, 0.3) is 0 Å². The first-order valence-corrected chi connectivity index (χ1v) is 9.41. The van der Waals surface area contributed by atoms with Crippen molar-refractivity contribution in [1.82, 2.24) is 19.8 Å². The van der Waals surface area contributed by atoms with Crippen LogP contribution in [0.1, 0.15) is 47.4 Å². The van der Waals surface area contributed by atoms with Gasteiger partial charge in [-0.3, -0.25) is 9.59 Å². The largest absolute Gasteiger partial charge is 0.347 e. The zero-order chi connectivity index (χ0) is 18.9. The summed E-state index contributed by atoms with van der Waals surface area (Å²) in [4.78, 5) is 31.0. The summed E-state index contributed by atoms with van der Waals surface area (Å²) in [5.41, 5.74) is 0.268. The van der Waals surface area contributed by atoms with E-state index in [1.807, 2.05) is 34.9 Å². The number of nitrogens with zero attached hydrogens (tertiary/aromatic N) is 3. The molecule has 1 fully saturated rings. The first-order chi connectivity index (χ1) is 13.1. The van der Waals surface area contributed by atoms with Crippen molar-refractivity contribution in [3.8, 4) is 0 Å². The number of nitrogens with one attached hydrogen (secondary N) is 1. The highest BCUT2D eigenvalue weighted by molar-refractivity contribution is 5.93. The van der Waals surface area contributed by atoms with Crippen LogP contribution in [0.4, 0.5) is 4.39 Å². The van der Waals surface area contributed by atoms with E-state index in [4.69, 9.17) is 0 Å². The lowest BCUT2D eigenvalue weighted by Crippen LogP contribution is -2.50. The molecule has 1 aromatic carbocycles. The van der Waals surface area contributed by atoms with Crippen molar-refractivity contribution in [3.05, 3.63) is 53.6 Å². The second-order valence-corrected chi connectivity index (χ2v) is 7.30. The van der Waals surface area contributed by atoms with Gasteiger partial charge in [0.05, 0.1) is 18.6 Å². The molecule has 2 amide bonds. The van der Waals surface area contributed by atoms with Gasteiger partial charge in [-0.2, -0.15) is 0 Å². The van der Waals surface area contributed by atoms with Crippen LogP contribution in [-0.2, 0) is 24.4 Å². The fourth-order valence-corrected chi connectivity index (χ4v) is 3.67. The van der Waals surface area contributed by atoms with Crippen molar-refractivity contribution in [1.29, 1.82) is 0 Å². The molecular formula is C20H23FN4O2. The first kappa shape index (κ1) is 17.7. The van der Waals surface area contributed by atoms with Crippen LogP contribution < -0.4 is 5.32 Å². The Labute approximate surface area is 157 Å². The Morgan fingerprint density at radius 2 is 1.93 bits per heavy atom. The number of aromatic nitrogens is 2. The number of hydrogen-bond acceptors (Lipinski definition) is 3. The van der Waals surface area contributed by atoms with Gasteiger partial charge in [-0.25, -0.2) is 9.37 Å². The van der Waals surface area contributed by atoms with Gasteiger partial charge in [-0.1, -0.05) is 30.3 Å². The highest BCUT2D eigenvalue weighted by atomic mass is 19.1. The molecule has 1 aromatic heterocycles. The summed E-state index contributed by atoms with van der Waals surface area (Å²) in [5.74, 6) is -0.723. The van der Waals surface area contributed by atoms with E-state index in [2.05, 4.69) is 10.3 Å². The summed E-state index contributed by atoms with van der Waals surface area (Å²) in [6.45, 7) is 1.79. The van der Waals surface area contributed by atoms with Crippen LogP contribution in [0.5, 0.6) is 0 Å². The summed E-state index contributed by atoms with van der Waals surface area (Å²) in [7, 11) is 0. The molecule has 1 aliphatic carbocycles. The molecule has 0 atom stereocenters. The van der Waals surface area contributed by atoms with Crippen molar-refractivity contribution in [3.63, 3.8) is 0 Å². The average Bonchev–Trinajstić information content (AvgIpc) is 2.94. The van der Waals surface area contributed by atoms with Crippen LogP contribution in [-0.4, -0.2) is 38.5 Å². The number of rotatable bonds is 4. The molecule has 2 heterocycles. The molecule has 142 valence electrons. The molecule has 7 heteroatoms. The Hall–Kier alpha value is -2.70. The summed E-state index contributed by atoms with van der Waals surface area (Å²) in [6, 6.07) is 9.63. The number of hydrogen-bond donors (Lipinski definition) is 1. The van der Waals surface area contributed by atoms with Gasteiger partial charge in [0, 0.05) is 19.6 Å². The van der Waals surface area contributed by atoms with Gasteiger partial charge in [0.1, 0.15) is 0 Å². The quantitative estimate of drug-likeness (QED) is 0.899. The third kappa shape index (κ3) is 3.46. The fourth-order valence-electron chi connectivity index (χ4n) is 3.67. The van der Waals surface area contributed by atoms with Gasteiger partial charge >= 0.3 is 0 Å². The molecule has 4 rings (SSSR count). The maximum Gasteiger partial charge on any atom is 0.272 e. The van der Waals surface area contributed by atoms with E-state index < -0.39 is 11.6 Å². The van der Waals surface area contributed by atoms with Crippen LogP contribution >= 0.6 is 0 Å². The number of amides is 2. The normalized spacial score (nSPS) is 18.2. The van der Waals surface area contributed by atoms with Gasteiger partial charge < -0.3 is 14.8 Å². The van der Waals surface area contributed by atoms with E-state index in [1.54, 1.807) is 11.2 Å². The van der Waals surface area contributed by atoms with Gasteiger partial charge in [0.25, 0.3) is 11.8 Å². The Kier molecular flexibility index (Phi) is 4.68. The molecule has 0 radical (unpaired) electrons. The molecule has 1 N–H and O–H groups in total. The molecule has 27 heavy (non-hydrogen) atoms. The summed E-state index contributed by atoms with van der Waals surface area (Å²) in [5, 5.41) is 2.88. The van der Waals surface area contributed by atoms with Crippen molar-refractivity contribution < 1.29 is 14.0 Å². The Balaban J connectivity index is 1.49. The van der Waals surface area contributed by atoms with Crippen LogP contribution in [0.2, 0.25) is 0 Å². The van der Waals surface area contributed by atoms with Gasteiger partial charge in [0.15, 0.2) is 11.4 Å². The molecule has 2 aliphatic rings. The second kappa shape index (κ2) is 7.13. The smallest absolute Gasteiger partial charge is 0.272 e. The Morgan fingerprint density at radius 1 is 1.15 bits per heavy atom. The van der Waals surface area contributed by atoms with Gasteiger partial charge in [0.2, 0.25) is 0 Å². The number of carbonyl (C=O) groups excluding carboxylic acids is 2.